The van der Waals surface area contributed by atoms with Crippen molar-refractivity contribution in [3.63, 3.8) is 0 Å². The molecule has 4 rings (SSSR count). The number of amides is 1. The summed E-state index contributed by atoms with van der Waals surface area (Å²) in [6, 6.07) is 8.79. The van der Waals surface area contributed by atoms with E-state index in [-0.39, 0.29) is 31.0 Å². The molecular weight excluding hydrogens is 422 g/mol. The number of anilines is 1. The second-order valence-electron chi connectivity index (χ2n) is 7.87. The van der Waals surface area contributed by atoms with E-state index < -0.39 is 22.2 Å². The van der Waals surface area contributed by atoms with Gasteiger partial charge in [-0.3, -0.25) is 14.5 Å². The highest BCUT2D eigenvalue weighted by atomic mass is 32.2. The predicted octanol–water partition coefficient (Wildman–Crippen LogP) is 1.15. The van der Waals surface area contributed by atoms with Crippen LogP contribution in [0.4, 0.5) is 5.69 Å². The largest absolute Gasteiger partial charge is 0.487 e. The molecule has 0 aliphatic carbocycles. The van der Waals surface area contributed by atoms with Gasteiger partial charge in [-0.25, -0.2) is 8.42 Å². The Kier molecular flexibility index (Phi) is 6.12. The Labute approximate surface area is 180 Å². The van der Waals surface area contributed by atoms with E-state index in [0.717, 1.165) is 17.4 Å². The maximum atomic E-state index is 12.4. The molecule has 9 nitrogen and oxygen atoms in total. The van der Waals surface area contributed by atoms with E-state index in [0.29, 0.717) is 24.4 Å². The molecular formula is C21H25N3O6S. The van der Waals surface area contributed by atoms with Crippen LogP contribution in [0.1, 0.15) is 29.9 Å². The Morgan fingerprint density at radius 1 is 1.32 bits per heavy atom. The fourth-order valence-corrected chi connectivity index (χ4v) is 4.70. The number of benzene rings is 1. The van der Waals surface area contributed by atoms with Gasteiger partial charge >= 0.3 is 0 Å². The van der Waals surface area contributed by atoms with Crippen LogP contribution < -0.4 is 14.8 Å². The molecule has 1 fully saturated rings. The van der Waals surface area contributed by atoms with Crippen molar-refractivity contribution in [3.8, 4) is 5.75 Å². The molecule has 0 radical (unpaired) electrons. The zero-order valence-electron chi connectivity index (χ0n) is 17.0. The first kappa shape index (κ1) is 21.5. The highest BCUT2D eigenvalue weighted by Crippen LogP contribution is 2.47. The number of ether oxygens (including phenoxy) is 2. The Bertz CT molecular complexity index is 1050. The second-order valence-corrected chi connectivity index (χ2v) is 9.62. The van der Waals surface area contributed by atoms with Crippen molar-refractivity contribution in [1.82, 2.24) is 10.3 Å². The van der Waals surface area contributed by atoms with Crippen molar-refractivity contribution >= 4 is 21.6 Å². The summed E-state index contributed by atoms with van der Waals surface area (Å²) in [5.74, 6) is 0.367. The minimum absolute atomic E-state index is 0.113. The number of aromatic nitrogens is 1. The Morgan fingerprint density at radius 2 is 2.16 bits per heavy atom. The first-order valence-corrected chi connectivity index (χ1v) is 11.9. The molecule has 10 heteroatoms. The smallest absolute Gasteiger partial charge is 0.229 e. The maximum absolute atomic E-state index is 12.4. The number of pyridine rings is 1. The van der Waals surface area contributed by atoms with Gasteiger partial charge in [0.15, 0.2) is 0 Å². The molecule has 2 aromatic rings. The minimum atomic E-state index is -3.41. The van der Waals surface area contributed by atoms with Gasteiger partial charge in [0.25, 0.3) is 0 Å². The fourth-order valence-electron chi connectivity index (χ4n) is 4.15. The van der Waals surface area contributed by atoms with Crippen molar-refractivity contribution in [3.05, 3.63) is 53.9 Å². The zero-order chi connectivity index (χ0) is 22.0. The fraction of sp³-hybridized carbons (Fsp3) is 0.429. The SMILES string of the molecule is CS(=O)(=O)Nc1ccc2c(c1)[C@@H]1C[C@H](CC(=O)NCc3cccnc3)O[C@H](CO)[C@@H]1O2. The average molecular weight is 448 g/mol. The van der Waals surface area contributed by atoms with Gasteiger partial charge in [0.2, 0.25) is 15.9 Å². The van der Waals surface area contributed by atoms with Crippen molar-refractivity contribution < 1.29 is 27.8 Å². The lowest BCUT2D eigenvalue weighted by Crippen LogP contribution is -2.47. The Hall–Kier alpha value is -2.69. The number of rotatable bonds is 7. The number of sulfonamides is 1. The molecule has 2 aliphatic rings. The summed E-state index contributed by atoms with van der Waals surface area (Å²) in [4.78, 5) is 16.5. The highest BCUT2D eigenvalue weighted by molar-refractivity contribution is 7.92. The van der Waals surface area contributed by atoms with Gasteiger partial charge < -0.3 is 19.9 Å². The van der Waals surface area contributed by atoms with Crippen LogP contribution in [-0.2, 0) is 26.1 Å². The lowest BCUT2D eigenvalue weighted by atomic mass is 9.84. The molecule has 0 saturated carbocycles. The van der Waals surface area contributed by atoms with Crippen LogP contribution in [-0.4, -0.2) is 55.6 Å². The van der Waals surface area contributed by atoms with E-state index in [2.05, 4.69) is 15.0 Å². The third-order valence-electron chi connectivity index (χ3n) is 5.43. The van der Waals surface area contributed by atoms with Gasteiger partial charge in [0, 0.05) is 36.1 Å². The van der Waals surface area contributed by atoms with Crippen LogP contribution in [0.25, 0.3) is 0 Å². The zero-order valence-corrected chi connectivity index (χ0v) is 17.8. The van der Waals surface area contributed by atoms with E-state index in [4.69, 9.17) is 9.47 Å². The maximum Gasteiger partial charge on any atom is 0.229 e. The summed E-state index contributed by atoms with van der Waals surface area (Å²) in [5.41, 5.74) is 2.20. The van der Waals surface area contributed by atoms with Crippen molar-refractivity contribution in [2.24, 2.45) is 0 Å². The molecule has 1 aromatic carbocycles. The molecule has 1 amide bonds. The monoisotopic (exact) mass is 447 g/mol. The second kappa shape index (κ2) is 8.81. The number of fused-ring (bicyclic) bond motifs is 3. The third-order valence-corrected chi connectivity index (χ3v) is 6.03. The van der Waals surface area contributed by atoms with Crippen LogP contribution in [0.3, 0.4) is 0 Å². The molecule has 1 saturated heterocycles. The third kappa shape index (κ3) is 5.15. The van der Waals surface area contributed by atoms with Gasteiger partial charge in [0.1, 0.15) is 18.0 Å². The molecule has 1 aromatic heterocycles. The number of hydrogen-bond acceptors (Lipinski definition) is 7. The Balaban J connectivity index is 1.45. The number of carbonyl (C=O) groups is 1. The van der Waals surface area contributed by atoms with Gasteiger partial charge in [-0.15, -0.1) is 0 Å². The average Bonchev–Trinajstić information content (AvgIpc) is 3.09. The van der Waals surface area contributed by atoms with E-state index in [1.807, 2.05) is 12.1 Å². The number of carbonyl (C=O) groups excluding carboxylic acids is 1. The van der Waals surface area contributed by atoms with Crippen molar-refractivity contribution in [1.29, 1.82) is 0 Å². The first-order valence-electron chi connectivity index (χ1n) is 10.0. The van der Waals surface area contributed by atoms with Gasteiger partial charge in [0.05, 0.1) is 25.4 Å². The Morgan fingerprint density at radius 3 is 2.87 bits per heavy atom. The lowest BCUT2D eigenvalue weighted by molar-refractivity contribution is -0.142. The summed E-state index contributed by atoms with van der Waals surface area (Å²) in [5, 5.41) is 12.7. The van der Waals surface area contributed by atoms with Crippen molar-refractivity contribution in [2.45, 2.75) is 43.6 Å². The molecule has 3 heterocycles. The normalized spacial score (nSPS) is 24.6. The quantitative estimate of drug-likeness (QED) is 0.581. The molecule has 166 valence electrons. The molecule has 0 spiro atoms. The molecule has 4 atom stereocenters. The van der Waals surface area contributed by atoms with Crippen LogP contribution in [0.5, 0.6) is 5.75 Å². The van der Waals surface area contributed by atoms with Gasteiger partial charge in [-0.05, 0) is 36.2 Å². The summed E-state index contributed by atoms with van der Waals surface area (Å²) < 4.78 is 37.6. The predicted molar refractivity (Wildman–Crippen MR) is 113 cm³/mol. The summed E-state index contributed by atoms with van der Waals surface area (Å²) >= 11 is 0. The number of nitrogens with one attached hydrogen (secondary N) is 2. The van der Waals surface area contributed by atoms with Gasteiger partial charge in [-0.2, -0.15) is 0 Å². The number of hydrogen-bond donors (Lipinski definition) is 3. The molecule has 0 unspecified atom stereocenters. The minimum Gasteiger partial charge on any atom is -0.487 e. The number of aliphatic hydroxyl groups excluding tert-OH is 1. The van der Waals surface area contributed by atoms with Crippen LogP contribution >= 0.6 is 0 Å². The number of aliphatic hydroxyl groups is 1. The van der Waals surface area contributed by atoms with Crippen LogP contribution in [0.2, 0.25) is 0 Å². The summed E-state index contributed by atoms with van der Waals surface area (Å²) in [6.45, 7) is 0.138. The van der Waals surface area contributed by atoms with E-state index >= 15 is 0 Å². The first-order chi connectivity index (χ1) is 14.8. The highest BCUT2D eigenvalue weighted by Gasteiger charge is 2.46. The number of nitrogens with zero attached hydrogens (tertiary/aromatic N) is 1. The molecule has 0 bridgehead atoms. The van der Waals surface area contributed by atoms with Crippen molar-refractivity contribution in [2.75, 3.05) is 17.6 Å². The van der Waals surface area contributed by atoms with Crippen LogP contribution in [0, 0.1) is 0 Å². The summed E-state index contributed by atoms with van der Waals surface area (Å²) in [7, 11) is -3.41. The topological polar surface area (TPSA) is 127 Å². The molecule has 3 N–H and O–H groups in total. The van der Waals surface area contributed by atoms with Crippen LogP contribution in [0.15, 0.2) is 42.7 Å². The summed E-state index contributed by atoms with van der Waals surface area (Å²) in [6.07, 6.45) is 3.78. The standard InChI is InChI=1S/C21H25N3O6S/c1-31(27,28)24-14-4-5-18-16(7-14)17-8-15(29-19(12-25)21(17)30-18)9-20(26)23-11-13-3-2-6-22-10-13/h2-7,10,15,17,19,21,24-25H,8-9,11-12H2,1H3,(H,23,26)/t15-,17+,19-,21-/m1/s1. The van der Waals surface area contributed by atoms with E-state index in [1.165, 1.54) is 0 Å². The molecule has 2 aliphatic heterocycles. The lowest BCUT2D eigenvalue weighted by Gasteiger charge is -2.37. The molecule has 31 heavy (non-hydrogen) atoms. The van der Waals surface area contributed by atoms with Gasteiger partial charge in [-0.1, -0.05) is 6.07 Å². The van der Waals surface area contributed by atoms with E-state index in [1.54, 1.807) is 30.6 Å². The van der Waals surface area contributed by atoms with E-state index in [9.17, 15) is 18.3 Å².